The Morgan fingerprint density at radius 3 is 2.63 bits per heavy atom. The average molecular weight is 472 g/mol. The lowest BCUT2D eigenvalue weighted by atomic mass is 10.1. The molecule has 1 aromatic heterocycles. The molecule has 1 aliphatic rings. The summed E-state index contributed by atoms with van der Waals surface area (Å²) in [6.45, 7) is 6.17. The van der Waals surface area contributed by atoms with E-state index in [1.807, 2.05) is 24.3 Å². The zero-order valence-electron chi connectivity index (χ0n) is 20.2. The number of hydrogen-bond donors (Lipinski definition) is 0. The number of amides is 1. The number of nitrogens with zero attached hydrogens (tertiary/aromatic N) is 3. The van der Waals surface area contributed by atoms with Gasteiger partial charge in [0.25, 0.3) is 0 Å². The standard InChI is InChI=1S/C29H30FN3O2/c1-20-9-14-27(21(2)17-20)35-16-6-5-15-32-26-8-4-3-7-25(26)31-29(32)22-18-28(34)33(19-22)24-12-10-23(30)11-13-24/h3-4,7-14,17,22H,5-6,15-16,18-19H2,1-2H3. The zero-order chi connectivity index (χ0) is 24.4. The number of hydrogen-bond acceptors (Lipinski definition) is 3. The maximum Gasteiger partial charge on any atom is 0.227 e. The minimum Gasteiger partial charge on any atom is -0.493 e. The first-order valence-corrected chi connectivity index (χ1v) is 12.2. The average Bonchev–Trinajstić information content (AvgIpc) is 3.41. The Bertz CT molecular complexity index is 1350. The summed E-state index contributed by atoms with van der Waals surface area (Å²) in [6, 6.07) is 20.5. The molecule has 1 aliphatic heterocycles. The molecular weight excluding hydrogens is 441 g/mol. The summed E-state index contributed by atoms with van der Waals surface area (Å²) in [6.07, 6.45) is 2.27. The molecule has 1 amide bonds. The zero-order valence-corrected chi connectivity index (χ0v) is 20.2. The van der Waals surface area contributed by atoms with E-state index >= 15 is 0 Å². The highest BCUT2D eigenvalue weighted by atomic mass is 19.1. The van der Waals surface area contributed by atoms with Gasteiger partial charge in [-0.3, -0.25) is 4.79 Å². The Labute approximate surface area is 205 Å². The molecule has 0 spiro atoms. The summed E-state index contributed by atoms with van der Waals surface area (Å²) in [5.41, 5.74) is 5.15. The van der Waals surface area contributed by atoms with Gasteiger partial charge in [-0.1, -0.05) is 29.8 Å². The van der Waals surface area contributed by atoms with Crippen LogP contribution in [-0.2, 0) is 11.3 Å². The number of aromatic nitrogens is 2. The third-order valence-corrected chi connectivity index (χ3v) is 6.68. The summed E-state index contributed by atoms with van der Waals surface area (Å²) >= 11 is 0. The van der Waals surface area contributed by atoms with Gasteiger partial charge in [-0.05, 0) is 74.7 Å². The first kappa shape index (κ1) is 23.1. The van der Waals surface area contributed by atoms with E-state index in [0.717, 1.165) is 53.2 Å². The predicted molar refractivity (Wildman–Crippen MR) is 136 cm³/mol. The summed E-state index contributed by atoms with van der Waals surface area (Å²) in [4.78, 5) is 19.5. The van der Waals surface area contributed by atoms with E-state index in [1.54, 1.807) is 17.0 Å². The summed E-state index contributed by atoms with van der Waals surface area (Å²) in [5.74, 6) is 1.61. The quantitative estimate of drug-likeness (QED) is 0.289. The van der Waals surface area contributed by atoms with Gasteiger partial charge in [0.05, 0.1) is 17.6 Å². The minimum absolute atomic E-state index is 0.00795. The molecule has 6 heteroatoms. The van der Waals surface area contributed by atoms with E-state index in [2.05, 4.69) is 36.6 Å². The molecule has 0 aliphatic carbocycles. The van der Waals surface area contributed by atoms with Crippen molar-refractivity contribution in [2.45, 2.75) is 45.6 Å². The number of unbranched alkanes of at least 4 members (excludes halogenated alkanes) is 1. The lowest BCUT2D eigenvalue weighted by Gasteiger charge is -2.17. The highest BCUT2D eigenvalue weighted by Gasteiger charge is 2.34. The van der Waals surface area contributed by atoms with Crippen LogP contribution in [0.4, 0.5) is 10.1 Å². The van der Waals surface area contributed by atoms with Gasteiger partial charge < -0.3 is 14.2 Å². The van der Waals surface area contributed by atoms with Crippen LogP contribution in [0.15, 0.2) is 66.7 Å². The molecular formula is C29H30FN3O2. The van der Waals surface area contributed by atoms with Crippen LogP contribution in [-0.4, -0.2) is 28.6 Å². The van der Waals surface area contributed by atoms with Gasteiger partial charge in [0.1, 0.15) is 17.4 Å². The van der Waals surface area contributed by atoms with Crippen molar-refractivity contribution in [3.05, 3.63) is 89.5 Å². The Kier molecular flexibility index (Phi) is 6.53. The third-order valence-electron chi connectivity index (χ3n) is 6.68. The van der Waals surface area contributed by atoms with Crippen LogP contribution in [0.25, 0.3) is 11.0 Å². The van der Waals surface area contributed by atoms with Gasteiger partial charge >= 0.3 is 0 Å². The maximum atomic E-state index is 13.4. The largest absolute Gasteiger partial charge is 0.493 e. The molecule has 1 atom stereocenters. The van der Waals surface area contributed by atoms with Crippen molar-refractivity contribution in [3.8, 4) is 5.75 Å². The van der Waals surface area contributed by atoms with Crippen molar-refractivity contribution in [2.75, 3.05) is 18.1 Å². The van der Waals surface area contributed by atoms with E-state index in [9.17, 15) is 9.18 Å². The van der Waals surface area contributed by atoms with Crippen molar-refractivity contribution in [1.29, 1.82) is 0 Å². The molecule has 180 valence electrons. The number of benzene rings is 3. The molecule has 1 fully saturated rings. The van der Waals surface area contributed by atoms with Crippen molar-refractivity contribution >= 4 is 22.6 Å². The number of aryl methyl sites for hydroxylation is 3. The molecule has 1 saturated heterocycles. The van der Waals surface area contributed by atoms with Crippen molar-refractivity contribution in [2.24, 2.45) is 0 Å². The van der Waals surface area contributed by atoms with Crippen LogP contribution >= 0.6 is 0 Å². The topological polar surface area (TPSA) is 47.4 Å². The number of carbonyl (C=O) groups excluding carboxylic acids is 1. The fourth-order valence-electron chi connectivity index (χ4n) is 4.91. The lowest BCUT2D eigenvalue weighted by molar-refractivity contribution is -0.117. The highest BCUT2D eigenvalue weighted by molar-refractivity contribution is 5.96. The number of rotatable bonds is 8. The summed E-state index contributed by atoms with van der Waals surface area (Å²) in [5, 5.41) is 0. The second-order valence-corrected chi connectivity index (χ2v) is 9.32. The minimum atomic E-state index is -0.305. The highest BCUT2D eigenvalue weighted by Crippen LogP contribution is 2.33. The van der Waals surface area contributed by atoms with Crippen molar-refractivity contribution in [1.82, 2.24) is 9.55 Å². The predicted octanol–water partition coefficient (Wildman–Crippen LogP) is 6.17. The fourth-order valence-corrected chi connectivity index (χ4v) is 4.91. The van der Waals surface area contributed by atoms with E-state index < -0.39 is 0 Å². The number of halogens is 1. The van der Waals surface area contributed by atoms with Crippen LogP contribution in [0.3, 0.4) is 0 Å². The van der Waals surface area contributed by atoms with E-state index in [0.29, 0.717) is 19.6 Å². The van der Waals surface area contributed by atoms with E-state index in [4.69, 9.17) is 9.72 Å². The molecule has 5 rings (SSSR count). The van der Waals surface area contributed by atoms with Crippen molar-refractivity contribution in [3.63, 3.8) is 0 Å². The molecule has 4 aromatic rings. The van der Waals surface area contributed by atoms with Crippen LogP contribution in [0.5, 0.6) is 5.75 Å². The number of carbonyl (C=O) groups is 1. The Hall–Kier alpha value is -3.67. The fraction of sp³-hybridized carbons (Fsp3) is 0.310. The smallest absolute Gasteiger partial charge is 0.227 e. The van der Waals surface area contributed by atoms with E-state index in [1.165, 1.54) is 17.7 Å². The summed E-state index contributed by atoms with van der Waals surface area (Å²) < 4.78 is 21.6. The van der Waals surface area contributed by atoms with Crippen molar-refractivity contribution < 1.29 is 13.9 Å². The molecule has 35 heavy (non-hydrogen) atoms. The van der Waals surface area contributed by atoms with Gasteiger partial charge in [0, 0.05) is 31.1 Å². The van der Waals surface area contributed by atoms with Crippen LogP contribution in [0.2, 0.25) is 0 Å². The molecule has 0 saturated carbocycles. The van der Waals surface area contributed by atoms with Crippen LogP contribution < -0.4 is 9.64 Å². The SMILES string of the molecule is Cc1ccc(OCCCCn2c(C3CC(=O)N(c4ccc(F)cc4)C3)nc3ccccc32)c(C)c1. The molecule has 0 N–H and O–H groups in total. The molecule has 3 aromatic carbocycles. The van der Waals surface area contributed by atoms with Gasteiger partial charge in [0.2, 0.25) is 5.91 Å². The second kappa shape index (κ2) is 9.90. The Morgan fingerprint density at radius 1 is 1.03 bits per heavy atom. The second-order valence-electron chi connectivity index (χ2n) is 9.32. The van der Waals surface area contributed by atoms with Gasteiger partial charge in [0.15, 0.2) is 0 Å². The number of ether oxygens (including phenoxy) is 1. The normalized spacial score (nSPS) is 15.8. The van der Waals surface area contributed by atoms with Gasteiger partial charge in [-0.2, -0.15) is 0 Å². The van der Waals surface area contributed by atoms with Gasteiger partial charge in [-0.25, -0.2) is 9.37 Å². The van der Waals surface area contributed by atoms with Gasteiger partial charge in [-0.15, -0.1) is 0 Å². The first-order chi connectivity index (χ1) is 17.0. The maximum absolute atomic E-state index is 13.4. The molecule has 5 nitrogen and oxygen atoms in total. The third kappa shape index (κ3) is 4.92. The number of imidazole rings is 1. The monoisotopic (exact) mass is 471 g/mol. The molecule has 2 heterocycles. The molecule has 0 radical (unpaired) electrons. The lowest BCUT2D eigenvalue weighted by Crippen LogP contribution is -2.24. The molecule has 1 unspecified atom stereocenters. The first-order valence-electron chi connectivity index (χ1n) is 12.2. The number of fused-ring (bicyclic) bond motifs is 1. The molecule has 0 bridgehead atoms. The van der Waals surface area contributed by atoms with Crippen LogP contribution in [0, 0.1) is 19.7 Å². The number of para-hydroxylation sites is 2. The Morgan fingerprint density at radius 2 is 1.83 bits per heavy atom. The Balaban J connectivity index is 1.28. The van der Waals surface area contributed by atoms with E-state index in [-0.39, 0.29) is 17.6 Å². The van der Waals surface area contributed by atoms with Crippen LogP contribution in [0.1, 0.15) is 42.1 Å². The number of anilines is 1. The summed E-state index contributed by atoms with van der Waals surface area (Å²) in [7, 11) is 0.